The molecule has 0 radical (unpaired) electrons. The van der Waals surface area contributed by atoms with Crippen molar-refractivity contribution >= 4 is 6.29 Å². The van der Waals surface area contributed by atoms with Crippen molar-refractivity contribution in [1.29, 1.82) is 0 Å². The Morgan fingerprint density at radius 1 is 1.40 bits per heavy atom. The summed E-state index contributed by atoms with van der Waals surface area (Å²) in [4.78, 5) is 11.2. The molecule has 0 aliphatic carbocycles. The molecular formula is C17H20N2O. The molecule has 1 heterocycles. The predicted octanol–water partition coefficient (Wildman–Crippen LogP) is 3.73. The SMILES string of the molecule is C=CCC(C)c1nn(Cc2ccccc2C)cc1C=O. The number of nitrogens with zero attached hydrogens (tertiary/aromatic N) is 2. The molecule has 0 saturated carbocycles. The van der Waals surface area contributed by atoms with Crippen molar-refractivity contribution in [3.05, 3.63) is 65.5 Å². The van der Waals surface area contributed by atoms with Gasteiger partial charge in [0.2, 0.25) is 0 Å². The highest BCUT2D eigenvalue weighted by atomic mass is 16.1. The summed E-state index contributed by atoms with van der Waals surface area (Å²) < 4.78 is 1.85. The zero-order valence-corrected chi connectivity index (χ0v) is 12.0. The molecule has 2 rings (SSSR count). The highest BCUT2D eigenvalue weighted by Gasteiger charge is 2.14. The van der Waals surface area contributed by atoms with E-state index < -0.39 is 0 Å². The van der Waals surface area contributed by atoms with Gasteiger partial charge in [0, 0.05) is 12.1 Å². The third-order valence-electron chi connectivity index (χ3n) is 3.53. The normalized spacial score (nSPS) is 12.1. The Bertz CT molecular complexity index is 613. The van der Waals surface area contributed by atoms with Crippen LogP contribution in [-0.2, 0) is 6.54 Å². The van der Waals surface area contributed by atoms with E-state index in [2.05, 4.69) is 37.7 Å². The minimum absolute atomic E-state index is 0.214. The number of aldehydes is 1. The summed E-state index contributed by atoms with van der Waals surface area (Å²) >= 11 is 0. The summed E-state index contributed by atoms with van der Waals surface area (Å²) in [5.74, 6) is 0.214. The minimum Gasteiger partial charge on any atom is -0.298 e. The van der Waals surface area contributed by atoms with Crippen LogP contribution < -0.4 is 0 Å². The maximum absolute atomic E-state index is 11.2. The number of aromatic nitrogens is 2. The number of rotatable bonds is 6. The van der Waals surface area contributed by atoms with Gasteiger partial charge >= 0.3 is 0 Å². The van der Waals surface area contributed by atoms with Crippen molar-refractivity contribution in [3.8, 4) is 0 Å². The van der Waals surface area contributed by atoms with Gasteiger partial charge in [-0.15, -0.1) is 6.58 Å². The average Bonchev–Trinajstić information content (AvgIpc) is 2.85. The molecule has 20 heavy (non-hydrogen) atoms. The quantitative estimate of drug-likeness (QED) is 0.591. The molecule has 0 N–H and O–H groups in total. The number of benzene rings is 1. The van der Waals surface area contributed by atoms with Crippen molar-refractivity contribution < 1.29 is 4.79 Å². The summed E-state index contributed by atoms with van der Waals surface area (Å²) in [6.45, 7) is 8.58. The van der Waals surface area contributed by atoms with Crippen LogP contribution in [0.25, 0.3) is 0 Å². The van der Waals surface area contributed by atoms with Crippen molar-refractivity contribution in [2.75, 3.05) is 0 Å². The third-order valence-corrected chi connectivity index (χ3v) is 3.53. The number of allylic oxidation sites excluding steroid dienone is 1. The van der Waals surface area contributed by atoms with E-state index in [-0.39, 0.29) is 5.92 Å². The van der Waals surface area contributed by atoms with Crippen LogP contribution in [-0.4, -0.2) is 16.1 Å². The number of hydrogen-bond donors (Lipinski definition) is 0. The van der Waals surface area contributed by atoms with Crippen LogP contribution in [0.4, 0.5) is 0 Å². The van der Waals surface area contributed by atoms with Crippen LogP contribution in [0.5, 0.6) is 0 Å². The van der Waals surface area contributed by atoms with Crippen LogP contribution in [0, 0.1) is 6.92 Å². The molecule has 0 bridgehead atoms. The standard InChI is InChI=1S/C17H20N2O/c1-4-7-14(3)17-16(12-20)11-19(18-17)10-15-9-6-5-8-13(15)2/h4-6,8-9,11-12,14H,1,7,10H2,2-3H3. The van der Waals surface area contributed by atoms with Crippen LogP contribution in [0.1, 0.15) is 46.4 Å². The molecule has 2 aromatic rings. The second-order valence-corrected chi connectivity index (χ2v) is 5.14. The lowest BCUT2D eigenvalue weighted by Gasteiger charge is -2.07. The van der Waals surface area contributed by atoms with Crippen molar-refractivity contribution in [3.63, 3.8) is 0 Å². The summed E-state index contributed by atoms with van der Waals surface area (Å²) in [6, 6.07) is 8.22. The van der Waals surface area contributed by atoms with Crippen LogP contribution in [0.3, 0.4) is 0 Å². The molecule has 0 amide bonds. The van der Waals surface area contributed by atoms with E-state index in [4.69, 9.17) is 0 Å². The summed E-state index contributed by atoms with van der Waals surface area (Å²) in [7, 11) is 0. The summed E-state index contributed by atoms with van der Waals surface area (Å²) in [5.41, 5.74) is 3.98. The lowest BCUT2D eigenvalue weighted by molar-refractivity contribution is 0.112. The molecule has 104 valence electrons. The van der Waals surface area contributed by atoms with Gasteiger partial charge in [0.15, 0.2) is 6.29 Å². The number of carbonyl (C=O) groups excluding carboxylic acids is 1. The van der Waals surface area contributed by atoms with Gasteiger partial charge in [-0.3, -0.25) is 9.48 Å². The minimum atomic E-state index is 0.214. The molecule has 3 nitrogen and oxygen atoms in total. The van der Waals surface area contributed by atoms with E-state index in [9.17, 15) is 4.79 Å². The second kappa shape index (κ2) is 6.33. The fourth-order valence-corrected chi connectivity index (χ4v) is 2.33. The van der Waals surface area contributed by atoms with Crippen molar-refractivity contribution in [2.45, 2.75) is 32.7 Å². The Morgan fingerprint density at radius 3 is 2.80 bits per heavy atom. The van der Waals surface area contributed by atoms with Crippen LogP contribution >= 0.6 is 0 Å². The first-order valence-electron chi connectivity index (χ1n) is 6.83. The third kappa shape index (κ3) is 3.05. The summed E-state index contributed by atoms with van der Waals surface area (Å²) in [6.07, 6.45) is 5.40. The lowest BCUT2D eigenvalue weighted by atomic mass is 10.0. The fourth-order valence-electron chi connectivity index (χ4n) is 2.33. The van der Waals surface area contributed by atoms with Gasteiger partial charge in [-0.05, 0) is 24.5 Å². The van der Waals surface area contributed by atoms with Crippen molar-refractivity contribution in [1.82, 2.24) is 9.78 Å². The van der Waals surface area contributed by atoms with E-state index in [1.807, 2.05) is 29.1 Å². The summed E-state index contributed by atoms with van der Waals surface area (Å²) in [5, 5.41) is 4.57. The first-order chi connectivity index (χ1) is 9.65. The van der Waals surface area contributed by atoms with Gasteiger partial charge in [0.1, 0.15) is 0 Å². The highest BCUT2D eigenvalue weighted by molar-refractivity contribution is 5.76. The Kier molecular flexibility index (Phi) is 4.51. The van der Waals surface area contributed by atoms with Gasteiger partial charge in [-0.2, -0.15) is 5.10 Å². The first-order valence-corrected chi connectivity index (χ1v) is 6.83. The molecule has 1 atom stereocenters. The molecule has 0 fully saturated rings. The first kappa shape index (κ1) is 14.3. The molecule has 0 aliphatic rings. The molecule has 3 heteroatoms. The van der Waals surface area contributed by atoms with E-state index in [1.54, 1.807) is 0 Å². The molecule has 1 aromatic heterocycles. The zero-order valence-electron chi connectivity index (χ0n) is 12.0. The van der Waals surface area contributed by atoms with E-state index in [0.29, 0.717) is 12.1 Å². The molecule has 1 aromatic carbocycles. The fraction of sp³-hybridized carbons (Fsp3) is 0.294. The number of carbonyl (C=O) groups is 1. The molecule has 0 spiro atoms. The van der Waals surface area contributed by atoms with Crippen LogP contribution in [0.2, 0.25) is 0 Å². The largest absolute Gasteiger partial charge is 0.298 e. The van der Waals surface area contributed by atoms with Gasteiger partial charge in [0.25, 0.3) is 0 Å². The van der Waals surface area contributed by atoms with Gasteiger partial charge in [0.05, 0.1) is 17.8 Å². The monoisotopic (exact) mass is 268 g/mol. The maximum atomic E-state index is 11.2. The lowest BCUT2D eigenvalue weighted by Crippen LogP contribution is -2.03. The Labute approximate surface area is 119 Å². The Balaban J connectivity index is 2.28. The molecule has 0 saturated heterocycles. The Morgan fingerprint density at radius 2 is 2.15 bits per heavy atom. The number of hydrogen-bond acceptors (Lipinski definition) is 2. The highest BCUT2D eigenvalue weighted by Crippen LogP contribution is 2.21. The van der Waals surface area contributed by atoms with E-state index >= 15 is 0 Å². The second-order valence-electron chi connectivity index (χ2n) is 5.14. The Hall–Kier alpha value is -2.16. The van der Waals surface area contributed by atoms with E-state index in [0.717, 1.165) is 18.4 Å². The average molecular weight is 268 g/mol. The van der Waals surface area contributed by atoms with Gasteiger partial charge in [-0.1, -0.05) is 37.3 Å². The zero-order chi connectivity index (χ0) is 14.5. The van der Waals surface area contributed by atoms with Crippen molar-refractivity contribution in [2.24, 2.45) is 0 Å². The van der Waals surface area contributed by atoms with E-state index in [1.165, 1.54) is 11.1 Å². The smallest absolute Gasteiger partial charge is 0.153 e. The maximum Gasteiger partial charge on any atom is 0.153 e. The molecule has 1 unspecified atom stereocenters. The predicted molar refractivity (Wildman–Crippen MR) is 81.1 cm³/mol. The molecule has 0 aliphatic heterocycles. The van der Waals surface area contributed by atoms with Gasteiger partial charge in [-0.25, -0.2) is 0 Å². The topological polar surface area (TPSA) is 34.9 Å². The number of aryl methyl sites for hydroxylation is 1. The van der Waals surface area contributed by atoms with Gasteiger partial charge < -0.3 is 0 Å². The van der Waals surface area contributed by atoms with Crippen LogP contribution in [0.15, 0.2) is 43.1 Å². The molecular weight excluding hydrogens is 248 g/mol.